The van der Waals surface area contributed by atoms with Gasteiger partial charge in [0.2, 0.25) is 5.75 Å². The normalized spacial score (nSPS) is 13.4. The number of benzene rings is 1. The van der Waals surface area contributed by atoms with Gasteiger partial charge in [0.1, 0.15) is 6.61 Å². The van der Waals surface area contributed by atoms with E-state index < -0.39 is 12.0 Å². The van der Waals surface area contributed by atoms with Crippen LogP contribution in [0.25, 0.3) is 6.08 Å². The molecule has 0 saturated carbocycles. The first-order valence-corrected chi connectivity index (χ1v) is 9.59. The van der Waals surface area contributed by atoms with E-state index in [1.54, 1.807) is 24.3 Å². The molecule has 1 aromatic rings. The number of carbonyl (C=O) groups excluding carboxylic acids is 2. The second kappa shape index (κ2) is 12.2. The summed E-state index contributed by atoms with van der Waals surface area (Å²) in [6.45, 7) is 1.19. The van der Waals surface area contributed by atoms with Gasteiger partial charge in [0.15, 0.2) is 11.5 Å². The number of methoxy groups -OCH3 is 2. The van der Waals surface area contributed by atoms with Crippen molar-refractivity contribution in [2.75, 3.05) is 47.1 Å². The van der Waals surface area contributed by atoms with Gasteiger partial charge in [0.05, 0.1) is 27.4 Å². The van der Waals surface area contributed by atoms with Gasteiger partial charge >= 0.3 is 6.09 Å². The van der Waals surface area contributed by atoms with E-state index in [1.165, 1.54) is 31.3 Å². The van der Waals surface area contributed by atoms with Crippen LogP contribution < -0.4 is 19.5 Å². The molecule has 1 aromatic carbocycles. The SMILES string of the molecule is COc1cc(/C=C/C(=O)N2CCC=CC2=O)cc(OC)c1OCCOCCNC(=O)O. The lowest BCUT2D eigenvalue weighted by molar-refractivity contribution is -0.139. The van der Waals surface area contributed by atoms with Gasteiger partial charge in [-0.05, 0) is 36.3 Å². The molecule has 2 N–H and O–H groups in total. The molecule has 0 spiro atoms. The van der Waals surface area contributed by atoms with Crippen molar-refractivity contribution in [1.82, 2.24) is 10.2 Å². The van der Waals surface area contributed by atoms with Crippen LogP contribution in [0.5, 0.6) is 17.2 Å². The smallest absolute Gasteiger partial charge is 0.404 e. The van der Waals surface area contributed by atoms with Crippen LogP contribution in [0.2, 0.25) is 0 Å². The summed E-state index contributed by atoms with van der Waals surface area (Å²) in [7, 11) is 2.96. The second-order valence-electron chi connectivity index (χ2n) is 6.30. The molecular formula is C21H26N2O8. The van der Waals surface area contributed by atoms with Crippen molar-refractivity contribution in [1.29, 1.82) is 0 Å². The Bertz CT molecular complexity index is 825. The van der Waals surface area contributed by atoms with Crippen LogP contribution in [0, 0.1) is 0 Å². The van der Waals surface area contributed by atoms with Crippen molar-refractivity contribution in [2.24, 2.45) is 0 Å². The molecule has 0 fully saturated rings. The molecular weight excluding hydrogens is 408 g/mol. The lowest BCUT2D eigenvalue weighted by atomic mass is 10.1. The summed E-state index contributed by atoms with van der Waals surface area (Å²) in [4.78, 5) is 35.6. The zero-order valence-electron chi connectivity index (χ0n) is 17.5. The number of amides is 3. The maximum Gasteiger partial charge on any atom is 0.404 e. The predicted molar refractivity (Wildman–Crippen MR) is 111 cm³/mol. The van der Waals surface area contributed by atoms with Crippen LogP contribution in [-0.2, 0) is 14.3 Å². The molecule has 0 unspecified atom stereocenters. The van der Waals surface area contributed by atoms with Crippen molar-refractivity contribution in [3.8, 4) is 17.2 Å². The molecule has 10 heteroatoms. The number of carboxylic acid groups (broad SMARTS) is 1. The Morgan fingerprint density at radius 3 is 2.48 bits per heavy atom. The van der Waals surface area contributed by atoms with Crippen molar-refractivity contribution in [3.63, 3.8) is 0 Å². The molecule has 31 heavy (non-hydrogen) atoms. The number of ether oxygens (including phenoxy) is 4. The quantitative estimate of drug-likeness (QED) is 0.398. The van der Waals surface area contributed by atoms with Gasteiger partial charge in [-0.25, -0.2) is 4.79 Å². The summed E-state index contributed by atoms with van der Waals surface area (Å²) >= 11 is 0. The zero-order chi connectivity index (χ0) is 22.6. The Hall–Kier alpha value is -3.53. The Kier molecular flexibility index (Phi) is 9.37. The fourth-order valence-corrected chi connectivity index (χ4v) is 2.74. The summed E-state index contributed by atoms with van der Waals surface area (Å²) < 4.78 is 21.7. The highest BCUT2D eigenvalue weighted by Crippen LogP contribution is 2.38. The van der Waals surface area contributed by atoms with Crippen molar-refractivity contribution in [3.05, 3.63) is 35.9 Å². The fourth-order valence-electron chi connectivity index (χ4n) is 2.74. The lowest BCUT2D eigenvalue weighted by Gasteiger charge is -2.19. The van der Waals surface area contributed by atoms with Crippen LogP contribution in [0.3, 0.4) is 0 Å². The first-order valence-electron chi connectivity index (χ1n) is 9.59. The van der Waals surface area contributed by atoms with Gasteiger partial charge in [-0.1, -0.05) is 6.08 Å². The van der Waals surface area contributed by atoms with Crippen LogP contribution in [-0.4, -0.2) is 75.0 Å². The lowest BCUT2D eigenvalue weighted by Crippen LogP contribution is -2.37. The minimum absolute atomic E-state index is 0.182. The van der Waals surface area contributed by atoms with Crippen LogP contribution >= 0.6 is 0 Å². The zero-order valence-corrected chi connectivity index (χ0v) is 17.5. The molecule has 0 aromatic heterocycles. The Morgan fingerprint density at radius 1 is 1.16 bits per heavy atom. The number of carbonyl (C=O) groups is 3. The minimum Gasteiger partial charge on any atom is -0.493 e. The van der Waals surface area contributed by atoms with E-state index in [0.29, 0.717) is 35.8 Å². The molecule has 0 atom stereocenters. The average molecular weight is 434 g/mol. The van der Waals surface area contributed by atoms with Crippen LogP contribution in [0.1, 0.15) is 12.0 Å². The van der Waals surface area contributed by atoms with E-state index in [-0.39, 0.29) is 32.3 Å². The van der Waals surface area contributed by atoms with Crippen LogP contribution in [0.4, 0.5) is 4.79 Å². The maximum atomic E-state index is 12.3. The third-order valence-corrected chi connectivity index (χ3v) is 4.21. The highest BCUT2D eigenvalue weighted by atomic mass is 16.6. The summed E-state index contributed by atoms with van der Waals surface area (Å²) in [5.41, 5.74) is 0.630. The molecule has 0 saturated heterocycles. The number of hydrogen-bond donors (Lipinski definition) is 2. The van der Waals surface area contributed by atoms with Crippen LogP contribution in [0.15, 0.2) is 30.4 Å². The van der Waals surface area contributed by atoms with E-state index in [9.17, 15) is 14.4 Å². The van der Waals surface area contributed by atoms with E-state index >= 15 is 0 Å². The van der Waals surface area contributed by atoms with Gasteiger partial charge in [0.25, 0.3) is 11.8 Å². The standard InChI is InChI=1S/C21H26N2O8/c1-28-16-13-15(6-7-19(25)23-9-4-3-5-18(23)24)14-17(29-2)20(16)31-12-11-30-10-8-22-21(26)27/h3,5-7,13-14,22H,4,8-12H2,1-2H3,(H,26,27)/b7-6+. The molecule has 2 rings (SSSR count). The summed E-state index contributed by atoms with van der Waals surface area (Å²) in [5, 5.41) is 10.7. The second-order valence-corrected chi connectivity index (χ2v) is 6.30. The number of imide groups is 1. The van der Waals surface area contributed by atoms with E-state index in [1.807, 2.05) is 0 Å². The first kappa shape index (κ1) is 23.7. The molecule has 3 amide bonds. The third-order valence-electron chi connectivity index (χ3n) is 4.21. The molecule has 168 valence electrons. The van der Waals surface area contributed by atoms with Crippen molar-refractivity contribution < 1.29 is 38.4 Å². The molecule has 1 aliphatic heterocycles. The third kappa shape index (κ3) is 7.34. The summed E-state index contributed by atoms with van der Waals surface area (Å²) in [5.74, 6) is 0.437. The number of nitrogens with zero attached hydrogens (tertiary/aromatic N) is 1. The van der Waals surface area contributed by atoms with E-state index in [4.69, 9.17) is 24.1 Å². The predicted octanol–water partition coefficient (Wildman–Crippen LogP) is 1.70. The van der Waals surface area contributed by atoms with Crippen molar-refractivity contribution >= 4 is 24.0 Å². The summed E-state index contributed by atoms with van der Waals surface area (Å²) in [6.07, 6.45) is 5.55. The molecule has 1 heterocycles. The topological polar surface area (TPSA) is 124 Å². The largest absolute Gasteiger partial charge is 0.493 e. The Balaban J connectivity index is 1.99. The first-order chi connectivity index (χ1) is 15.0. The molecule has 0 radical (unpaired) electrons. The highest BCUT2D eigenvalue weighted by molar-refractivity contribution is 6.06. The van der Waals surface area contributed by atoms with Gasteiger partial charge < -0.3 is 29.4 Å². The Labute approximate surface area is 180 Å². The number of hydrogen-bond acceptors (Lipinski definition) is 7. The Morgan fingerprint density at radius 2 is 1.87 bits per heavy atom. The molecule has 1 aliphatic rings. The highest BCUT2D eigenvalue weighted by Gasteiger charge is 2.19. The van der Waals surface area contributed by atoms with Crippen molar-refractivity contribution in [2.45, 2.75) is 6.42 Å². The molecule has 0 aliphatic carbocycles. The number of nitrogens with one attached hydrogen (secondary N) is 1. The van der Waals surface area contributed by atoms with Gasteiger partial charge in [-0.3, -0.25) is 14.5 Å². The van der Waals surface area contributed by atoms with Gasteiger partial charge in [-0.15, -0.1) is 0 Å². The molecule has 0 bridgehead atoms. The average Bonchev–Trinajstić information content (AvgIpc) is 2.76. The van der Waals surface area contributed by atoms with Gasteiger partial charge in [0, 0.05) is 19.2 Å². The van der Waals surface area contributed by atoms with Gasteiger partial charge in [-0.2, -0.15) is 0 Å². The molecule has 10 nitrogen and oxygen atoms in total. The fraction of sp³-hybridized carbons (Fsp3) is 0.381. The summed E-state index contributed by atoms with van der Waals surface area (Å²) in [6, 6.07) is 3.36. The van der Waals surface area contributed by atoms with E-state index in [2.05, 4.69) is 5.32 Å². The monoisotopic (exact) mass is 434 g/mol. The van der Waals surface area contributed by atoms with E-state index in [0.717, 1.165) is 0 Å². The maximum absolute atomic E-state index is 12.3. The minimum atomic E-state index is -1.11. The number of rotatable bonds is 11.